The van der Waals surface area contributed by atoms with E-state index in [2.05, 4.69) is 15.5 Å². The zero-order chi connectivity index (χ0) is 9.26. The van der Waals surface area contributed by atoms with Crippen LogP contribution in [-0.2, 0) is 0 Å². The molecular weight excluding hydrogens is 171 g/mol. The number of nitrogens with zero attached hydrogens (tertiary/aromatic N) is 4. The number of aromatic nitrogens is 4. The topological polar surface area (TPSA) is 43.6 Å². The quantitative estimate of drug-likeness (QED) is 0.657. The van der Waals surface area contributed by atoms with Crippen LogP contribution in [0.15, 0.2) is 24.5 Å². The maximum absolute atomic E-state index is 13.1. The third-order valence-corrected chi connectivity index (χ3v) is 1.77. The van der Waals surface area contributed by atoms with E-state index in [1.165, 1.54) is 17.1 Å². The Morgan fingerprint density at radius 2 is 2.23 bits per heavy atom. The van der Waals surface area contributed by atoms with Gasteiger partial charge in [-0.05, 0) is 35.0 Å². The van der Waals surface area contributed by atoms with Crippen LogP contribution in [0.25, 0.3) is 5.69 Å². The van der Waals surface area contributed by atoms with E-state index in [1.807, 2.05) is 0 Å². The summed E-state index contributed by atoms with van der Waals surface area (Å²) in [6.45, 7) is 1.71. The van der Waals surface area contributed by atoms with Crippen molar-refractivity contribution in [2.45, 2.75) is 6.92 Å². The molecule has 0 aliphatic rings. The van der Waals surface area contributed by atoms with E-state index in [0.29, 0.717) is 11.3 Å². The molecule has 0 saturated heterocycles. The summed E-state index contributed by atoms with van der Waals surface area (Å²) in [6.07, 6.45) is 1.42. The lowest BCUT2D eigenvalue weighted by Crippen LogP contribution is -1.96. The molecule has 0 aliphatic carbocycles. The lowest BCUT2D eigenvalue weighted by molar-refractivity contribution is 0.615. The molecule has 0 unspecified atom stereocenters. The van der Waals surface area contributed by atoms with Crippen LogP contribution in [0.1, 0.15) is 5.56 Å². The predicted octanol–water partition coefficient (Wildman–Crippen LogP) is 1.11. The maximum Gasteiger partial charge on any atom is 0.143 e. The van der Waals surface area contributed by atoms with Crippen LogP contribution in [0.2, 0.25) is 0 Å². The van der Waals surface area contributed by atoms with Gasteiger partial charge in [0.1, 0.15) is 12.1 Å². The number of rotatable bonds is 1. The first-order valence-electron chi connectivity index (χ1n) is 3.77. The van der Waals surface area contributed by atoms with Crippen LogP contribution < -0.4 is 0 Å². The van der Waals surface area contributed by atoms with Crippen molar-refractivity contribution in [3.63, 3.8) is 0 Å². The molecule has 5 heteroatoms. The van der Waals surface area contributed by atoms with Crippen molar-refractivity contribution < 1.29 is 4.39 Å². The molecule has 0 saturated carbocycles. The van der Waals surface area contributed by atoms with Crippen molar-refractivity contribution in [2.24, 2.45) is 0 Å². The first-order chi connectivity index (χ1) is 6.27. The van der Waals surface area contributed by atoms with Gasteiger partial charge in [-0.3, -0.25) is 0 Å². The Kier molecular flexibility index (Phi) is 1.77. The van der Waals surface area contributed by atoms with Crippen LogP contribution in [0.5, 0.6) is 0 Å². The number of hydrogen-bond donors (Lipinski definition) is 0. The number of tetrazole rings is 1. The maximum atomic E-state index is 13.1. The molecule has 0 atom stereocenters. The third kappa shape index (κ3) is 1.40. The second-order valence-electron chi connectivity index (χ2n) is 2.69. The Hall–Kier alpha value is -1.78. The highest BCUT2D eigenvalue weighted by Gasteiger charge is 2.01. The van der Waals surface area contributed by atoms with E-state index in [1.54, 1.807) is 19.1 Å². The molecule has 1 heterocycles. The molecular formula is C8H7FN4. The number of hydrogen-bond acceptors (Lipinski definition) is 3. The van der Waals surface area contributed by atoms with Gasteiger partial charge in [0, 0.05) is 0 Å². The summed E-state index contributed by atoms with van der Waals surface area (Å²) in [6, 6.07) is 4.84. The van der Waals surface area contributed by atoms with Crippen molar-refractivity contribution in [3.05, 3.63) is 35.9 Å². The van der Waals surface area contributed by atoms with Gasteiger partial charge in [-0.25, -0.2) is 9.07 Å². The Labute approximate surface area is 74.0 Å². The van der Waals surface area contributed by atoms with Crippen molar-refractivity contribution in [2.75, 3.05) is 0 Å². The van der Waals surface area contributed by atoms with E-state index < -0.39 is 0 Å². The van der Waals surface area contributed by atoms with Crippen molar-refractivity contribution in [1.82, 2.24) is 20.2 Å². The highest BCUT2D eigenvalue weighted by Crippen LogP contribution is 2.11. The van der Waals surface area contributed by atoms with Gasteiger partial charge in [0.05, 0.1) is 5.69 Å². The first kappa shape index (κ1) is 7.85. The Balaban J connectivity index is 2.49. The van der Waals surface area contributed by atoms with Crippen LogP contribution in [0.3, 0.4) is 0 Å². The number of benzene rings is 1. The summed E-state index contributed by atoms with van der Waals surface area (Å²) >= 11 is 0. The third-order valence-electron chi connectivity index (χ3n) is 1.77. The molecule has 0 bridgehead atoms. The summed E-state index contributed by atoms with van der Waals surface area (Å²) in [4.78, 5) is 0. The summed E-state index contributed by atoms with van der Waals surface area (Å²) in [5, 5.41) is 10.6. The Bertz CT molecular complexity index is 410. The molecule has 2 rings (SSSR count). The van der Waals surface area contributed by atoms with Gasteiger partial charge in [0.2, 0.25) is 0 Å². The first-order valence-corrected chi connectivity index (χ1v) is 3.77. The van der Waals surface area contributed by atoms with E-state index in [-0.39, 0.29) is 5.82 Å². The number of aryl methyl sites for hydroxylation is 1. The van der Waals surface area contributed by atoms with Gasteiger partial charge in [-0.1, -0.05) is 6.07 Å². The van der Waals surface area contributed by atoms with E-state index in [0.717, 1.165) is 0 Å². The molecule has 0 spiro atoms. The highest BCUT2D eigenvalue weighted by molar-refractivity contribution is 5.33. The van der Waals surface area contributed by atoms with Crippen molar-refractivity contribution in [3.8, 4) is 5.69 Å². The van der Waals surface area contributed by atoms with Gasteiger partial charge in [-0.2, -0.15) is 0 Å². The molecule has 1 aromatic carbocycles. The zero-order valence-electron chi connectivity index (χ0n) is 6.98. The van der Waals surface area contributed by atoms with Crippen molar-refractivity contribution in [1.29, 1.82) is 0 Å². The van der Waals surface area contributed by atoms with E-state index in [4.69, 9.17) is 0 Å². The SMILES string of the molecule is Cc1ccc(-n2cnnn2)cc1F. The van der Waals surface area contributed by atoms with Gasteiger partial charge >= 0.3 is 0 Å². The second-order valence-corrected chi connectivity index (χ2v) is 2.69. The van der Waals surface area contributed by atoms with E-state index >= 15 is 0 Å². The fourth-order valence-electron chi connectivity index (χ4n) is 1.00. The smallest absolute Gasteiger partial charge is 0.143 e. The lowest BCUT2D eigenvalue weighted by atomic mass is 10.2. The van der Waals surface area contributed by atoms with Gasteiger partial charge < -0.3 is 0 Å². The molecule has 1 aromatic heterocycles. The Morgan fingerprint density at radius 3 is 2.85 bits per heavy atom. The van der Waals surface area contributed by atoms with Crippen LogP contribution >= 0.6 is 0 Å². The molecule has 13 heavy (non-hydrogen) atoms. The molecule has 0 N–H and O–H groups in total. The van der Waals surface area contributed by atoms with Gasteiger partial charge in [0.15, 0.2) is 0 Å². The Morgan fingerprint density at radius 1 is 1.38 bits per heavy atom. The van der Waals surface area contributed by atoms with E-state index in [9.17, 15) is 4.39 Å². The van der Waals surface area contributed by atoms with Gasteiger partial charge in [0.25, 0.3) is 0 Å². The predicted molar refractivity (Wildman–Crippen MR) is 43.8 cm³/mol. The molecule has 4 nitrogen and oxygen atoms in total. The average Bonchev–Trinajstić information content (AvgIpc) is 2.62. The summed E-state index contributed by atoms with van der Waals surface area (Å²) in [5.74, 6) is -0.256. The molecule has 0 fully saturated rings. The molecule has 0 amide bonds. The fraction of sp³-hybridized carbons (Fsp3) is 0.125. The monoisotopic (exact) mass is 178 g/mol. The van der Waals surface area contributed by atoms with Crippen LogP contribution in [-0.4, -0.2) is 20.2 Å². The second kappa shape index (κ2) is 2.93. The summed E-state index contributed by atoms with van der Waals surface area (Å²) in [5.41, 5.74) is 1.23. The van der Waals surface area contributed by atoms with Crippen LogP contribution in [0.4, 0.5) is 4.39 Å². The highest BCUT2D eigenvalue weighted by atomic mass is 19.1. The molecule has 2 aromatic rings. The molecule has 0 radical (unpaired) electrons. The lowest BCUT2D eigenvalue weighted by Gasteiger charge is -2.00. The number of halogens is 1. The standard InChI is InChI=1S/C8H7FN4/c1-6-2-3-7(4-8(6)9)13-5-10-11-12-13/h2-5H,1H3. The average molecular weight is 178 g/mol. The van der Waals surface area contributed by atoms with Crippen molar-refractivity contribution >= 4 is 0 Å². The minimum atomic E-state index is -0.256. The molecule has 0 aliphatic heterocycles. The minimum absolute atomic E-state index is 0.256. The summed E-state index contributed by atoms with van der Waals surface area (Å²) < 4.78 is 14.5. The van der Waals surface area contributed by atoms with Crippen LogP contribution in [0, 0.1) is 12.7 Å². The fourth-order valence-corrected chi connectivity index (χ4v) is 1.00. The molecule has 66 valence electrons. The largest absolute Gasteiger partial charge is 0.207 e. The summed E-state index contributed by atoms with van der Waals surface area (Å²) in [7, 11) is 0. The minimum Gasteiger partial charge on any atom is -0.207 e. The van der Waals surface area contributed by atoms with Gasteiger partial charge in [-0.15, -0.1) is 5.10 Å². The normalized spacial score (nSPS) is 10.3. The zero-order valence-corrected chi connectivity index (χ0v) is 6.98.